The van der Waals surface area contributed by atoms with E-state index in [0.29, 0.717) is 6.42 Å². The van der Waals surface area contributed by atoms with Crippen LogP contribution in [0.3, 0.4) is 0 Å². The summed E-state index contributed by atoms with van der Waals surface area (Å²) in [5.74, 6) is 0. The number of rotatable bonds is 3. The zero-order valence-electron chi connectivity index (χ0n) is 6.88. The van der Waals surface area contributed by atoms with Crippen LogP contribution in [0, 0.1) is 0 Å². The minimum atomic E-state index is -0.415. The summed E-state index contributed by atoms with van der Waals surface area (Å²) in [5, 5.41) is 10.8. The molecule has 4 heteroatoms. The molecule has 0 radical (unpaired) electrons. The molecular formula is C8H12BrNOS. The Morgan fingerprint density at radius 2 is 2.42 bits per heavy atom. The number of aliphatic hydroxyl groups is 1. The molecular weight excluding hydrogens is 238 g/mol. The lowest BCUT2D eigenvalue weighted by Crippen LogP contribution is -2.33. The van der Waals surface area contributed by atoms with Crippen molar-refractivity contribution in [2.75, 3.05) is 6.61 Å². The molecule has 0 fully saturated rings. The van der Waals surface area contributed by atoms with Crippen molar-refractivity contribution in [1.82, 2.24) is 0 Å². The van der Waals surface area contributed by atoms with Gasteiger partial charge in [0.15, 0.2) is 0 Å². The Labute approximate surface area is 84.5 Å². The molecule has 0 aliphatic carbocycles. The van der Waals surface area contributed by atoms with Gasteiger partial charge in [0.2, 0.25) is 0 Å². The van der Waals surface area contributed by atoms with Gasteiger partial charge in [0.1, 0.15) is 0 Å². The van der Waals surface area contributed by atoms with Crippen molar-refractivity contribution >= 4 is 27.3 Å². The fourth-order valence-electron chi connectivity index (χ4n) is 1.05. The van der Waals surface area contributed by atoms with Crippen LogP contribution in [0.4, 0.5) is 0 Å². The normalized spacial score (nSPS) is 16.0. The highest BCUT2D eigenvalue weighted by Crippen LogP contribution is 2.33. The zero-order valence-corrected chi connectivity index (χ0v) is 9.28. The van der Waals surface area contributed by atoms with Gasteiger partial charge in [0.05, 0.1) is 5.54 Å². The maximum Gasteiger partial charge on any atom is 0.0508 e. The molecule has 1 atom stereocenters. The Balaban J connectivity index is 2.88. The number of hydrogen-bond donors (Lipinski definition) is 2. The maximum absolute atomic E-state index is 8.80. The highest BCUT2D eigenvalue weighted by Gasteiger charge is 2.23. The number of thiophene rings is 1. The van der Waals surface area contributed by atoms with Crippen molar-refractivity contribution in [3.05, 3.63) is 20.8 Å². The number of halogens is 1. The highest BCUT2D eigenvalue weighted by atomic mass is 79.9. The van der Waals surface area contributed by atoms with E-state index in [1.54, 1.807) is 11.3 Å². The summed E-state index contributed by atoms with van der Waals surface area (Å²) >= 11 is 5.03. The summed E-state index contributed by atoms with van der Waals surface area (Å²) in [7, 11) is 0. The first-order chi connectivity index (χ1) is 5.58. The topological polar surface area (TPSA) is 46.2 Å². The Hall–Kier alpha value is 0.100. The predicted molar refractivity (Wildman–Crippen MR) is 55.3 cm³/mol. The molecule has 0 saturated carbocycles. The van der Waals surface area contributed by atoms with Crippen molar-refractivity contribution < 1.29 is 5.11 Å². The van der Waals surface area contributed by atoms with Crippen LogP contribution >= 0.6 is 27.3 Å². The summed E-state index contributed by atoms with van der Waals surface area (Å²) in [5.41, 5.74) is 5.60. The fourth-order valence-corrected chi connectivity index (χ4v) is 2.98. The van der Waals surface area contributed by atoms with E-state index in [-0.39, 0.29) is 6.61 Å². The summed E-state index contributed by atoms with van der Waals surface area (Å²) < 4.78 is 1.03. The van der Waals surface area contributed by atoms with Gasteiger partial charge in [0, 0.05) is 16.0 Å². The smallest absolute Gasteiger partial charge is 0.0508 e. The fraction of sp³-hybridized carbons (Fsp3) is 0.500. The highest BCUT2D eigenvalue weighted by molar-refractivity contribution is 9.10. The summed E-state index contributed by atoms with van der Waals surface area (Å²) in [6, 6.07) is 1.97. The van der Waals surface area contributed by atoms with E-state index in [0.717, 1.165) is 9.35 Å². The lowest BCUT2D eigenvalue weighted by Gasteiger charge is -2.22. The van der Waals surface area contributed by atoms with Gasteiger partial charge in [-0.25, -0.2) is 0 Å². The van der Waals surface area contributed by atoms with Crippen LogP contribution < -0.4 is 5.73 Å². The van der Waals surface area contributed by atoms with Crippen molar-refractivity contribution in [2.45, 2.75) is 18.9 Å². The molecule has 0 bridgehead atoms. The third-order valence-corrected chi connectivity index (χ3v) is 3.88. The largest absolute Gasteiger partial charge is 0.396 e. The Kier molecular flexibility index (Phi) is 3.29. The molecule has 0 amide bonds. The minimum absolute atomic E-state index is 0.122. The molecule has 2 nitrogen and oxygen atoms in total. The van der Waals surface area contributed by atoms with Gasteiger partial charge in [-0.2, -0.15) is 0 Å². The molecule has 1 aromatic heterocycles. The molecule has 3 N–H and O–H groups in total. The Bertz CT molecular complexity index is 259. The minimum Gasteiger partial charge on any atom is -0.396 e. The van der Waals surface area contributed by atoms with Crippen LogP contribution in [0.25, 0.3) is 0 Å². The third-order valence-electron chi connectivity index (χ3n) is 1.77. The molecule has 0 spiro atoms. The van der Waals surface area contributed by atoms with Crippen molar-refractivity contribution in [1.29, 1.82) is 0 Å². The monoisotopic (exact) mass is 249 g/mol. The maximum atomic E-state index is 8.80. The molecule has 1 rings (SSSR count). The van der Waals surface area contributed by atoms with Crippen molar-refractivity contribution in [2.24, 2.45) is 5.73 Å². The van der Waals surface area contributed by atoms with Gasteiger partial charge < -0.3 is 10.8 Å². The van der Waals surface area contributed by atoms with Crippen LogP contribution in [-0.2, 0) is 5.54 Å². The van der Waals surface area contributed by atoms with Gasteiger partial charge in [-0.05, 0) is 40.7 Å². The van der Waals surface area contributed by atoms with E-state index >= 15 is 0 Å². The second-order valence-corrected chi connectivity index (χ2v) is 4.76. The Morgan fingerprint density at radius 3 is 2.83 bits per heavy atom. The van der Waals surface area contributed by atoms with E-state index in [1.807, 2.05) is 18.4 Å². The zero-order chi connectivity index (χ0) is 9.19. The van der Waals surface area contributed by atoms with E-state index in [1.165, 1.54) is 0 Å². The molecule has 0 aliphatic rings. The quantitative estimate of drug-likeness (QED) is 0.862. The first kappa shape index (κ1) is 10.2. The van der Waals surface area contributed by atoms with E-state index < -0.39 is 5.54 Å². The first-order valence-electron chi connectivity index (χ1n) is 3.71. The van der Waals surface area contributed by atoms with Crippen LogP contribution in [-0.4, -0.2) is 11.7 Å². The molecule has 0 unspecified atom stereocenters. The average Bonchev–Trinajstić information content (AvgIpc) is 2.35. The second kappa shape index (κ2) is 3.87. The molecule has 0 aliphatic heterocycles. The predicted octanol–water partition coefficient (Wildman–Crippen LogP) is 2.07. The van der Waals surface area contributed by atoms with Gasteiger partial charge in [-0.15, -0.1) is 11.3 Å². The van der Waals surface area contributed by atoms with Crippen molar-refractivity contribution in [3.8, 4) is 0 Å². The number of aliphatic hydroxyl groups excluding tert-OH is 1. The van der Waals surface area contributed by atoms with Gasteiger partial charge >= 0.3 is 0 Å². The standard InChI is InChI=1S/C8H12BrNOS/c1-8(10,3-4-11)7-6(9)2-5-12-7/h2,5,11H,3-4,10H2,1H3/t8-/m1/s1. The van der Waals surface area contributed by atoms with Gasteiger partial charge in [-0.3, -0.25) is 0 Å². The summed E-state index contributed by atoms with van der Waals surface area (Å²) in [4.78, 5) is 1.09. The second-order valence-electron chi connectivity index (χ2n) is 2.99. The third kappa shape index (κ3) is 2.07. The Morgan fingerprint density at radius 1 is 1.75 bits per heavy atom. The number of hydrogen-bond acceptors (Lipinski definition) is 3. The number of nitrogens with two attached hydrogens (primary N) is 1. The van der Waals surface area contributed by atoms with Crippen molar-refractivity contribution in [3.63, 3.8) is 0 Å². The average molecular weight is 250 g/mol. The molecule has 1 heterocycles. The molecule has 68 valence electrons. The molecule has 1 aromatic rings. The first-order valence-corrected chi connectivity index (χ1v) is 5.38. The van der Waals surface area contributed by atoms with Gasteiger partial charge in [0.25, 0.3) is 0 Å². The van der Waals surface area contributed by atoms with E-state index in [2.05, 4.69) is 15.9 Å². The SMILES string of the molecule is C[C@@](N)(CCO)c1sccc1Br. The van der Waals surface area contributed by atoms with Crippen LogP contribution in [0.2, 0.25) is 0 Å². The van der Waals surface area contributed by atoms with E-state index in [9.17, 15) is 0 Å². The van der Waals surface area contributed by atoms with Crippen LogP contribution in [0.5, 0.6) is 0 Å². The van der Waals surface area contributed by atoms with E-state index in [4.69, 9.17) is 10.8 Å². The summed E-state index contributed by atoms with van der Waals surface area (Å²) in [6.07, 6.45) is 0.589. The summed E-state index contributed by atoms with van der Waals surface area (Å²) in [6.45, 7) is 2.05. The van der Waals surface area contributed by atoms with Crippen LogP contribution in [0.15, 0.2) is 15.9 Å². The van der Waals surface area contributed by atoms with Gasteiger partial charge in [-0.1, -0.05) is 0 Å². The molecule has 12 heavy (non-hydrogen) atoms. The lowest BCUT2D eigenvalue weighted by atomic mass is 9.98. The van der Waals surface area contributed by atoms with Crippen LogP contribution in [0.1, 0.15) is 18.2 Å². The lowest BCUT2D eigenvalue weighted by molar-refractivity contribution is 0.248. The molecule has 0 aromatic carbocycles. The molecule has 0 saturated heterocycles.